The number of ketones is 1. The molecule has 1 heterocycles. The summed E-state index contributed by atoms with van der Waals surface area (Å²) in [5.74, 6) is -0.839. The van der Waals surface area contributed by atoms with Crippen molar-refractivity contribution in [3.05, 3.63) is 107 Å². The molecule has 1 fully saturated rings. The van der Waals surface area contributed by atoms with Gasteiger partial charge in [0.1, 0.15) is 24.0 Å². The molecule has 2 atom stereocenters. The number of nitrogens with zero attached hydrogens (tertiary/aromatic N) is 1. The summed E-state index contributed by atoms with van der Waals surface area (Å²) in [4.78, 5) is 27.3. The van der Waals surface area contributed by atoms with Gasteiger partial charge in [-0.2, -0.15) is 0 Å². The lowest BCUT2D eigenvalue weighted by molar-refractivity contribution is -0.125. The third-order valence-electron chi connectivity index (χ3n) is 5.44. The van der Waals surface area contributed by atoms with E-state index in [1.807, 2.05) is 30.3 Å². The Bertz CT molecular complexity index is 995. The van der Waals surface area contributed by atoms with Crippen LogP contribution in [-0.4, -0.2) is 16.8 Å². The zero-order chi connectivity index (χ0) is 21.8. The fraction of sp³-hybridized carbons (Fsp3) is 0.200. The van der Waals surface area contributed by atoms with Crippen molar-refractivity contribution in [3.8, 4) is 0 Å². The summed E-state index contributed by atoms with van der Waals surface area (Å²) in [5, 5.41) is 0. The molecule has 0 N–H and O–H groups in total. The van der Waals surface area contributed by atoms with Crippen molar-refractivity contribution in [1.82, 2.24) is 4.90 Å². The SMILES string of the molecule is O=C1C[C@H](c2ccc(F)cc2)N(C(=O)OCc2ccccc2)[C@@H](c2ccc(F)cc2)C1. The van der Waals surface area contributed by atoms with Crippen LogP contribution < -0.4 is 0 Å². The number of amides is 1. The summed E-state index contributed by atoms with van der Waals surface area (Å²) < 4.78 is 32.5. The fourth-order valence-corrected chi connectivity index (χ4v) is 3.90. The molecule has 3 aromatic carbocycles. The quantitative estimate of drug-likeness (QED) is 0.539. The van der Waals surface area contributed by atoms with E-state index in [2.05, 4.69) is 0 Å². The summed E-state index contributed by atoms with van der Waals surface area (Å²) in [6.07, 6.45) is -0.381. The number of Topliss-reactive ketones (excluding diaryl/α,β-unsaturated/α-hetero) is 1. The first-order valence-electron chi connectivity index (χ1n) is 10.0. The number of likely N-dealkylation sites (tertiary alicyclic amines) is 1. The average Bonchev–Trinajstić information content (AvgIpc) is 2.78. The van der Waals surface area contributed by atoms with E-state index in [0.29, 0.717) is 11.1 Å². The zero-order valence-electron chi connectivity index (χ0n) is 16.7. The van der Waals surface area contributed by atoms with Gasteiger partial charge in [-0.3, -0.25) is 9.69 Å². The maximum atomic E-state index is 13.5. The third kappa shape index (κ3) is 4.79. The number of benzene rings is 3. The molecule has 0 aliphatic carbocycles. The van der Waals surface area contributed by atoms with Crippen molar-refractivity contribution >= 4 is 11.9 Å². The molecule has 0 saturated carbocycles. The van der Waals surface area contributed by atoms with Crippen molar-refractivity contribution in [2.45, 2.75) is 31.5 Å². The van der Waals surface area contributed by atoms with Gasteiger partial charge in [0.25, 0.3) is 0 Å². The van der Waals surface area contributed by atoms with Crippen LogP contribution in [0.3, 0.4) is 0 Å². The molecule has 4 nitrogen and oxygen atoms in total. The lowest BCUT2D eigenvalue weighted by Gasteiger charge is -2.41. The highest BCUT2D eigenvalue weighted by Crippen LogP contribution is 2.41. The first-order valence-corrected chi connectivity index (χ1v) is 10.0. The Morgan fingerprint density at radius 3 is 1.77 bits per heavy atom. The van der Waals surface area contributed by atoms with Crippen LogP contribution in [0.15, 0.2) is 78.9 Å². The summed E-state index contributed by atoms with van der Waals surface area (Å²) in [6, 6.07) is 19.5. The molecule has 1 aliphatic rings. The van der Waals surface area contributed by atoms with Gasteiger partial charge in [-0.25, -0.2) is 13.6 Å². The van der Waals surface area contributed by atoms with Gasteiger partial charge < -0.3 is 4.74 Å². The number of carbonyl (C=O) groups excluding carboxylic acids is 2. The predicted molar refractivity (Wildman–Crippen MR) is 111 cm³/mol. The Hall–Kier alpha value is -3.54. The number of hydrogen-bond acceptors (Lipinski definition) is 3. The number of piperidine rings is 1. The Balaban J connectivity index is 1.67. The van der Waals surface area contributed by atoms with Crippen molar-refractivity contribution in [3.63, 3.8) is 0 Å². The molecule has 0 aromatic heterocycles. The molecule has 1 amide bonds. The number of hydrogen-bond donors (Lipinski definition) is 0. The Kier molecular flexibility index (Phi) is 6.07. The van der Waals surface area contributed by atoms with E-state index in [1.165, 1.54) is 29.2 Å². The first-order chi connectivity index (χ1) is 15.0. The van der Waals surface area contributed by atoms with Crippen molar-refractivity contribution in [2.24, 2.45) is 0 Å². The molecule has 0 radical (unpaired) electrons. The van der Waals surface area contributed by atoms with Gasteiger partial charge in [0, 0.05) is 12.8 Å². The Morgan fingerprint density at radius 1 is 0.806 bits per heavy atom. The van der Waals surface area contributed by atoms with E-state index in [-0.39, 0.29) is 25.2 Å². The van der Waals surface area contributed by atoms with Crippen LogP contribution in [-0.2, 0) is 16.1 Å². The lowest BCUT2D eigenvalue weighted by Crippen LogP contribution is -2.43. The highest BCUT2D eigenvalue weighted by Gasteiger charge is 2.40. The van der Waals surface area contributed by atoms with Gasteiger partial charge in [-0.15, -0.1) is 0 Å². The molecule has 31 heavy (non-hydrogen) atoms. The van der Waals surface area contributed by atoms with Crippen LogP contribution in [0.25, 0.3) is 0 Å². The molecule has 0 bridgehead atoms. The van der Waals surface area contributed by atoms with Gasteiger partial charge in [0.05, 0.1) is 12.1 Å². The molecule has 4 rings (SSSR count). The first kappa shape index (κ1) is 20.7. The van der Waals surface area contributed by atoms with Crippen molar-refractivity contribution in [1.29, 1.82) is 0 Å². The second-order valence-corrected chi connectivity index (χ2v) is 7.53. The molecule has 6 heteroatoms. The van der Waals surface area contributed by atoms with Gasteiger partial charge >= 0.3 is 6.09 Å². The second-order valence-electron chi connectivity index (χ2n) is 7.53. The van der Waals surface area contributed by atoms with Gasteiger partial charge in [-0.1, -0.05) is 54.6 Å². The highest BCUT2D eigenvalue weighted by molar-refractivity contribution is 5.83. The largest absolute Gasteiger partial charge is 0.445 e. The second kappa shape index (κ2) is 9.08. The molecule has 1 saturated heterocycles. The van der Waals surface area contributed by atoms with Crippen LogP contribution in [0.2, 0.25) is 0 Å². The standard InChI is InChI=1S/C25H21F2NO3/c26-20-10-6-18(7-11-20)23-14-22(29)15-24(19-8-12-21(27)13-9-19)28(23)25(30)31-16-17-4-2-1-3-5-17/h1-13,23-24H,14-16H2/t23-,24-/m1/s1. The van der Waals surface area contributed by atoms with Gasteiger partial charge in [0.15, 0.2) is 0 Å². The zero-order valence-corrected chi connectivity index (χ0v) is 16.7. The van der Waals surface area contributed by atoms with Crippen molar-refractivity contribution < 1.29 is 23.1 Å². The van der Waals surface area contributed by atoms with Crippen LogP contribution in [0.4, 0.5) is 13.6 Å². The minimum atomic E-state index is -0.611. The van der Waals surface area contributed by atoms with E-state index >= 15 is 0 Å². The summed E-state index contributed by atoms with van der Waals surface area (Å²) in [7, 11) is 0. The van der Waals surface area contributed by atoms with E-state index in [4.69, 9.17) is 4.74 Å². The summed E-state index contributed by atoms with van der Waals surface area (Å²) in [6.45, 7) is 0.0798. The number of rotatable bonds is 4. The van der Waals surface area contributed by atoms with Crippen molar-refractivity contribution in [2.75, 3.05) is 0 Å². The average molecular weight is 421 g/mol. The lowest BCUT2D eigenvalue weighted by atomic mass is 9.87. The molecular weight excluding hydrogens is 400 g/mol. The van der Waals surface area contributed by atoms with E-state index < -0.39 is 29.8 Å². The third-order valence-corrected chi connectivity index (χ3v) is 5.44. The smallest absolute Gasteiger partial charge is 0.411 e. The van der Waals surface area contributed by atoms with Crippen LogP contribution in [0.1, 0.15) is 41.6 Å². The molecule has 158 valence electrons. The summed E-state index contributed by atoms with van der Waals surface area (Å²) in [5.41, 5.74) is 2.11. The van der Waals surface area contributed by atoms with E-state index in [1.54, 1.807) is 24.3 Å². The number of ether oxygens (including phenoxy) is 1. The summed E-state index contributed by atoms with van der Waals surface area (Å²) >= 11 is 0. The highest BCUT2D eigenvalue weighted by atomic mass is 19.1. The maximum Gasteiger partial charge on any atom is 0.411 e. The van der Waals surface area contributed by atoms with Crippen LogP contribution >= 0.6 is 0 Å². The van der Waals surface area contributed by atoms with Gasteiger partial charge in [-0.05, 0) is 41.0 Å². The monoisotopic (exact) mass is 421 g/mol. The number of halogens is 2. The van der Waals surface area contributed by atoms with E-state index in [0.717, 1.165) is 5.56 Å². The minimum absolute atomic E-state index is 0.0317. The molecule has 3 aromatic rings. The van der Waals surface area contributed by atoms with Crippen LogP contribution in [0, 0.1) is 11.6 Å². The van der Waals surface area contributed by atoms with Gasteiger partial charge in [0.2, 0.25) is 0 Å². The predicted octanol–water partition coefficient (Wildman–Crippen LogP) is 5.75. The maximum absolute atomic E-state index is 13.5. The Labute approximate surface area is 179 Å². The molecular formula is C25H21F2NO3. The molecule has 0 unspecified atom stereocenters. The molecule has 0 spiro atoms. The van der Waals surface area contributed by atoms with Crippen LogP contribution in [0.5, 0.6) is 0 Å². The molecule has 1 aliphatic heterocycles. The fourth-order valence-electron chi connectivity index (χ4n) is 3.90. The minimum Gasteiger partial charge on any atom is -0.445 e. The Morgan fingerprint density at radius 2 is 1.29 bits per heavy atom. The topological polar surface area (TPSA) is 46.6 Å². The number of carbonyl (C=O) groups is 2. The van der Waals surface area contributed by atoms with E-state index in [9.17, 15) is 18.4 Å². The normalized spacial score (nSPS) is 18.6.